The van der Waals surface area contributed by atoms with E-state index in [1.807, 2.05) is 11.9 Å². The minimum atomic E-state index is -0.619. The molecule has 3 N–H and O–H groups in total. The van der Waals surface area contributed by atoms with Gasteiger partial charge < -0.3 is 11.1 Å². The Bertz CT molecular complexity index is 355. The van der Waals surface area contributed by atoms with Crippen molar-refractivity contribution in [1.82, 2.24) is 10.2 Å². The van der Waals surface area contributed by atoms with Crippen molar-refractivity contribution in [3.05, 3.63) is 0 Å². The molecule has 1 aliphatic carbocycles. The van der Waals surface area contributed by atoms with Gasteiger partial charge in [-0.15, -0.1) is 0 Å². The quantitative estimate of drug-likeness (QED) is 0.735. The summed E-state index contributed by atoms with van der Waals surface area (Å²) in [5.74, 6) is 0.395. The molecule has 0 aromatic heterocycles. The fourth-order valence-corrected chi connectivity index (χ4v) is 2.58. The summed E-state index contributed by atoms with van der Waals surface area (Å²) in [4.78, 5) is 14.0. The molecule has 0 aromatic carbocycles. The van der Waals surface area contributed by atoms with E-state index < -0.39 is 5.54 Å². The van der Waals surface area contributed by atoms with E-state index >= 15 is 0 Å². The highest BCUT2D eigenvalue weighted by atomic mass is 16.2. The Labute approximate surface area is 122 Å². The van der Waals surface area contributed by atoms with Crippen LogP contribution in [0.3, 0.4) is 0 Å². The molecule has 20 heavy (non-hydrogen) atoms. The first kappa shape index (κ1) is 16.9. The molecule has 1 unspecified atom stereocenters. The van der Waals surface area contributed by atoms with Crippen LogP contribution in [-0.2, 0) is 4.79 Å². The van der Waals surface area contributed by atoms with E-state index in [-0.39, 0.29) is 11.9 Å². The highest BCUT2D eigenvalue weighted by Gasteiger charge is 2.35. The molecule has 0 saturated heterocycles. The zero-order valence-corrected chi connectivity index (χ0v) is 13.0. The number of carbonyl (C=O) groups excluding carboxylic acids is 1. The Morgan fingerprint density at radius 3 is 2.55 bits per heavy atom. The summed E-state index contributed by atoms with van der Waals surface area (Å²) < 4.78 is 0. The van der Waals surface area contributed by atoms with Crippen molar-refractivity contribution in [2.45, 2.75) is 57.5 Å². The molecule has 1 fully saturated rings. The van der Waals surface area contributed by atoms with E-state index in [0.717, 1.165) is 38.6 Å². The summed E-state index contributed by atoms with van der Waals surface area (Å²) in [6, 6.07) is 2.44. The van der Waals surface area contributed by atoms with Gasteiger partial charge in [0.05, 0.1) is 12.6 Å². The van der Waals surface area contributed by atoms with Crippen molar-refractivity contribution in [2.75, 3.05) is 20.1 Å². The highest BCUT2D eigenvalue weighted by Crippen LogP contribution is 2.28. The van der Waals surface area contributed by atoms with Crippen LogP contribution < -0.4 is 11.1 Å². The van der Waals surface area contributed by atoms with Gasteiger partial charge in [0.2, 0.25) is 5.91 Å². The number of hydrogen-bond acceptors (Lipinski definition) is 4. The van der Waals surface area contributed by atoms with E-state index in [0.29, 0.717) is 12.5 Å². The van der Waals surface area contributed by atoms with Gasteiger partial charge in [-0.2, -0.15) is 5.26 Å². The van der Waals surface area contributed by atoms with Crippen LogP contribution in [0.4, 0.5) is 0 Å². The summed E-state index contributed by atoms with van der Waals surface area (Å²) in [5, 5.41) is 12.2. The van der Waals surface area contributed by atoms with Gasteiger partial charge in [-0.1, -0.05) is 13.8 Å². The molecule has 0 heterocycles. The van der Waals surface area contributed by atoms with Crippen LogP contribution in [0.25, 0.3) is 0 Å². The minimum Gasteiger partial charge on any atom is -0.337 e. The molecular weight excluding hydrogens is 252 g/mol. The molecule has 0 aliphatic heterocycles. The van der Waals surface area contributed by atoms with Crippen LogP contribution >= 0.6 is 0 Å². The summed E-state index contributed by atoms with van der Waals surface area (Å²) in [6.07, 6.45) is 4.47. The molecule has 0 spiro atoms. The van der Waals surface area contributed by atoms with Gasteiger partial charge >= 0.3 is 0 Å². The zero-order valence-electron chi connectivity index (χ0n) is 13.0. The predicted octanol–water partition coefficient (Wildman–Crippen LogP) is 1.24. The van der Waals surface area contributed by atoms with Crippen LogP contribution in [0.2, 0.25) is 0 Å². The number of hydrogen-bond donors (Lipinski definition) is 2. The second-order valence-electron chi connectivity index (χ2n) is 6.38. The smallest absolute Gasteiger partial charge is 0.235 e. The molecular formula is C15H28N4O. The standard InChI is InChI=1S/C15H28N4O/c1-12(2)13(17)6-9-19(3)10-14(20)18-15(11-16)7-4-5-8-15/h12-13H,4-10,17H2,1-3H3,(H,18,20). The maximum Gasteiger partial charge on any atom is 0.235 e. The summed E-state index contributed by atoms with van der Waals surface area (Å²) in [5.41, 5.74) is 5.38. The Hall–Kier alpha value is -1.12. The maximum atomic E-state index is 12.0. The van der Waals surface area contributed by atoms with Crippen molar-refractivity contribution in [1.29, 1.82) is 5.26 Å². The first-order valence-electron chi connectivity index (χ1n) is 7.55. The van der Waals surface area contributed by atoms with Gasteiger partial charge in [0.15, 0.2) is 0 Å². The number of rotatable bonds is 7. The number of carbonyl (C=O) groups is 1. The Morgan fingerprint density at radius 1 is 1.45 bits per heavy atom. The van der Waals surface area contributed by atoms with Gasteiger partial charge in [-0.05, 0) is 51.6 Å². The lowest BCUT2D eigenvalue weighted by Crippen LogP contribution is -2.48. The average molecular weight is 280 g/mol. The molecule has 1 rings (SSSR count). The largest absolute Gasteiger partial charge is 0.337 e. The number of nitrogens with two attached hydrogens (primary N) is 1. The monoisotopic (exact) mass is 280 g/mol. The van der Waals surface area contributed by atoms with Crippen molar-refractivity contribution in [3.8, 4) is 6.07 Å². The highest BCUT2D eigenvalue weighted by molar-refractivity contribution is 5.79. The predicted molar refractivity (Wildman–Crippen MR) is 79.9 cm³/mol. The number of amides is 1. The summed E-state index contributed by atoms with van der Waals surface area (Å²) >= 11 is 0. The average Bonchev–Trinajstić information content (AvgIpc) is 2.84. The van der Waals surface area contributed by atoms with Crippen molar-refractivity contribution in [3.63, 3.8) is 0 Å². The second-order valence-corrected chi connectivity index (χ2v) is 6.38. The SMILES string of the molecule is CC(C)C(N)CCN(C)CC(=O)NC1(C#N)CCCC1. The summed E-state index contributed by atoms with van der Waals surface area (Å²) in [7, 11) is 1.92. The number of likely N-dealkylation sites (N-methyl/N-ethyl adjacent to an activating group) is 1. The van der Waals surface area contributed by atoms with Crippen molar-refractivity contribution in [2.24, 2.45) is 11.7 Å². The van der Waals surface area contributed by atoms with Crippen LogP contribution in [0.5, 0.6) is 0 Å². The van der Waals surface area contributed by atoms with Gasteiger partial charge in [-0.25, -0.2) is 0 Å². The molecule has 0 radical (unpaired) electrons. The number of nitrogens with one attached hydrogen (secondary N) is 1. The second kappa shape index (κ2) is 7.61. The third kappa shape index (κ3) is 5.10. The molecule has 1 aliphatic rings. The van der Waals surface area contributed by atoms with Gasteiger partial charge in [0.1, 0.15) is 5.54 Å². The number of nitriles is 1. The van der Waals surface area contributed by atoms with Crippen LogP contribution in [0.15, 0.2) is 0 Å². The van der Waals surface area contributed by atoms with Crippen molar-refractivity contribution >= 4 is 5.91 Å². The Balaban J connectivity index is 2.33. The fraction of sp³-hybridized carbons (Fsp3) is 0.867. The topological polar surface area (TPSA) is 82.2 Å². The lowest BCUT2D eigenvalue weighted by Gasteiger charge is -2.25. The molecule has 5 heteroatoms. The molecule has 0 bridgehead atoms. The lowest BCUT2D eigenvalue weighted by molar-refractivity contribution is -0.123. The van der Waals surface area contributed by atoms with Crippen molar-refractivity contribution < 1.29 is 4.79 Å². The summed E-state index contributed by atoms with van der Waals surface area (Å²) in [6.45, 7) is 5.34. The normalized spacial score (nSPS) is 19.1. The first-order chi connectivity index (χ1) is 9.38. The lowest BCUT2D eigenvalue weighted by atomic mass is 10.00. The third-order valence-electron chi connectivity index (χ3n) is 4.16. The Morgan fingerprint density at radius 2 is 2.05 bits per heavy atom. The van der Waals surface area contributed by atoms with E-state index in [1.54, 1.807) is 0 Å². The van der Waals surface area contributed by atoms with E-state index in [1.165, 1.54) is 0 Å². The molecule has 114 valence electrons. The van der Waals surface area contributed by atoms with Gasteiger partial charge in [0.25, 0.3) is 0 Å². The molecule has 1 amide bonds. The van der Waals surface area contributed by atoms with E-state index in [9.17, 15) is 10.1 Å². The molecule has 0 aromatic rings. The first-order valence-corrected chi connectivity index (χ1v) is 7.55. The maximum absolute atomic E-state index is 12.0. The minimum absolute atomic E-state index is 0.0610. The fourth-order valence-electron chi connectivity index (χ4n) is 2.58. The van der Waals surface area contributed by atoms with E-state index in [2.05, 4.69) is 25.2 Å². The zero-order chi connectivity index (χ0) is 15.2. The van der Waals surface area contributed by atoms with E-state index in [4.69, 9.17) is 5.73 Å². The third-order valence-corrected chi connectivity index (χ3v) is 4.16. The molecule has 5 nitrogen and oxygen atoms in total. The van der Waals surface area contributed by atoms with Crippen LogP contribution in [0.1, 0.15) is 46.0 Å². The van der Waals surface area contributed by atoms with Gasteiger partial charge in [0, 0.05) is 6.04 Å². The van der Waals surface area contributed by atoms with Crippen LogP contribution in [0, 0.1) is 17.2 Å². The van der Waals surface area contributed by atoms with Gasteiger partial charge in [-0.3, -0.25) is 9.69 Å². The number of nitrogens with zero attached hydrogens (tertiary/aromatic N) is 2. The van der Waals surface area contributed by atoms with Crippen LogP contribution in [-0.4, -0.2) is 42.5 Å². The molecule has 1 saturated carbocycles. The molecule has 1 atom stereocenters. The Kier molecular flexibility index (Phi) is 6.44.